The number of nitrogen functional groups attached to an aromatic ring is 1. The van der Waals surface area contributed by atoms with E-state index in [0.717, 1.165) is 18.8 Å². The molecule has 1 aliphatic heterocycles. The molecule has 3 nitrogen and oxygen atoms in total. The molecule has 1 aromatic rings. The van der Waals surface area contributed by atoms with Gasteiger partial charge >= 0.3 is 0 Å². The minimum atomic E-state index is -0.280. The molecular weight excluding hydrogens is 205 g/mol. The summed E-state index contributed by atoms with van der Waals surface area (Å²) in [7, 11) is 0. The zero-order chi connectivity index (χ0) is 11.7. The highest BCUT2D eigenvalue weighted by atomic mass is 19.1. The van der Waals surface area contributed by atoms with Gasteiger partial charge in [0.2, 0.25) is 0 Å². The summed E-state index contributed by atoms with van der Waals surface area (Å²) in [6.45, 7) is 6.09. The third kappa shape index (κ3) is 2.27. The van der Waals surface area contributed by atoms with Crippen LogP contribution in [0, 0.1) is 5.82 Å². The van der Waals surface area contributed by atoms with Gasteiger partial charge in [-0.2, -0.15) is 0 Å². The first-order valence-corrected chi connectivity index (χ1v) is 5.62. The Morgan fingerprint density at radius 3 is 2.50 bits per heavy atom. The zero-order valence-corrected chi connectivity index (χ0v) is 9.70. The largest absolute Gasteiger partial charge is 0.397 e. The zero-order valence-electron chi connectivity index (χ0n) is 9.70. The van der Waals surface area contributed by atoms with E-state index in [1.165, 1.54) is 12.1 Å². The van der Waals surface area contributed by atoms with E-state index in [4.69, 9.17) is 5.73 Å². The number of hydrogen-bond donors (Lipinski definition) is 2. The topological polar surface area (TPSA) is 41.3 Å². The Labute approximate surface area is 95.4 Å². The van der Waals surface area contributed by atoms with Crippen molar-refractivity contribution in [3.05, 3.63) is 24.0 Å². The molecule has 0 amide bonds. The van der Waals surface area contributed by atoms with Crippen molar-refractivity contribution in [2.24, 2.45) is 0 Å². The molecule has 1 aliphatic rings. The molecule has 3 N–H and O–H groups in total. The lowest BCUT2D eigenvalue weighted by atomic mass is 10.1. The van der Waals surface area contributed by atoms with Gasteiger partial charge in [0.05, 0.1) is 11.4 Å². The van der Waals surface area contributed by atoms with Crippen molar-refractivity contribution in [2.45, 2.75) is 25.9 Å². The molecule has 0 saturated carbocycles. The molecule has 2 atom stereocenters. The second kappa shape index (κ2) is 4.29. The molecule has 0 radical (unpaired) electrons. The summed E-state index contributed by atoms with van der Waals surface area (Å²) in [4.78, 5) is 2.21. The van der Waals surface area contributed by atoms with Crippen molar-refractivity contribution >= 4 is 11.4 Å². The Balaban J connectivity index is 2.23. The summed E-state index contributed by atoms with van der Waals surface area (Å²) in [5, 5.41) is 3.45. The lowest BCUT2D eigenvalue weighted by Crippen LogP contribution is -2.54. The van der Waals surface area contributed by atoms with E-state index in [1.54, 1.807) is 6.07 Å². The first kappa shape index (κ1) is 11.2. The van der Waals surface area contributed by atoms with Crippen molar-refractivity contribution in [1.82, 2.24) is 5.32 Å². The maximum atomic E-state index is 13.0. The van der Waals surface area contributed by atoms with Gasteiger partial charge in [0.15, 0.2) is 0 Å². The smallest absolute Gasteiger partial charge is 0.125 e. The Bertz CT molecular complexity index is 371. The normalized spacial score (nSPS) is 25.8. The van der Waals surface area contributed by atoms with E-state index in [1.807, 2.05) is 0 Å². The van der Waals surface area contributed by atoms with E-state index >= 15 is 0 Å². The van der Waals surface area contributed by atoms with Crippen molar-refractivity contribution in [1.29, 1.82) is 0 Å². The third-order valence-electron chi connectivity index (χ3n) is 2.89. The molecule has 0 aromatic heterocycles. The minimum absolute atomic E-state index is 0.280. The summed E-state index contributed by atoms with van der Waals surface area (Å²) in [6.07, 6.45) is 0. The van der Waals surface area contributed by atoms with Crippen LogP contribution in [0.25, 0.3) is 0 Å². The minimum Gasteiger partial charge on any atom is -0.397 e. The summed E-state index contributed by atoms with van der Waals surface area (Å²) in [5.41, 5.74) is 7.29. The first-order chi connectivity index (χ1) is 7.56. The number of nitrogens with one attached hydrogen (secondary N) is 1. The fraction of sp³-hybridized carbons (Fsp3) is 0.500. The summed E-state index contributed by atoms with van der Waals surface area (Å²) in [5.74, 6) is -0.280. The van der Waals surface area contributed by atoms with Gasteiger partial charge in [0.25, 0.3) is 0 Å². The predicted molar refractivity (Wildman–Crippen MR) is 65.1 cm³/mol. The summed E-state index contributed by atoms with van der Waals surface area (Å²) < 4.78 is 13.0. The van der Waals surface area contributed by atoms with Crippen LogP contribution in [0.4, 0.5) is 15.8 Å². The molecule has 2 unspecified atom stereocenters. The molecule has 1 aromatic carbocycles. The maximum absolute atomic E-state index is 13.0. The van der Waals surface area contributed by atoms with Crippen molar-refractivity contribution in [2.75, 3.05) is 23.7 Å². The number of anilines is 2. The third-order valence-corrected chi connectivity index (χ3v) is 2.89. The Morgan fingerprint density at radius 2 is 1.94 bits per heavy atom. The molecule has 16 heavy (non-hydrogen) atoms. The van der Waals surface area contributed by atoms with Crippen molar-refractivity contribution < 1.29 is 4.39 Å². The fourth-order valence-corrected chi connectivity index (χ4v) is 2.34. The molecule has 88 valence electrons. The lowest BCUT2D eigenvalue weighted by molar-refractivity contribution is 0.407. The van der Waals surface area contributed by atoms with Gasteiger partial charge < -0.3 is 16.0 Å². The second-order valence-electron chi connectivity index (χ2n) is 4.58. The molecule has 0 aliphatic carbocycles. The van der Waals surface area contributed by atoms with Crippen LogP contribution in [0.2, 0.25) is 0 Å². The van der Waals surface area contributed by atoms with Crippen LogP contribution < -0.4 is 16.0 Å². The Morgan fingerprint density at radius 1 is 1.31 bits per heavy atom. The van der Waals surface area contributed by atoms with Gasteiger partial charge in [0, 0.05) is 25.2 Å². The number of nitrogens with two attached hydrogens (primary N) is 1. The summed E-state index contributed by atoms with van der Waals surface area (Å²) >= 11 is 0. The van der Waals surface area contributed by atoms with E-state index in [2.05, 4.69) is 24.1 Å². The van der Waals surface area contributed by atoms with Crippen LogP contribution >= 0.6 is 0 Å². The highest BCUT2D eigenvalue weighted by Gasteiger charge is 2.22. The van der Waals surface area contributed by atoms with Crippen molar-refractivity contribution in [3.8, 4) is 0 Å². The molecule has 1 saturated heterocycles. The SMILES string of the molecule is CC1CN(c2ccc(F)cc2N)CC(C)N1. The molecule has 4 heteroatoms. The van der Waals surface area contributed by atoms with Gasteiger partial charge in [-0.1, -0.05) is 0 Å². The van der Waals surface area contributed by atoms with Crippen LogP contribution in [0.1, 0.15) is 13.8 Å². The molecule has 2 rings (SSSR count). The van der Waals surface area contributed by atoms with E-state index in [0.29, 0.717) is 17.8 Å². The van der Waals surface area contributed by atoms with E-state index < -0.39 is 0 Å². The van der Waals surface area contributed by atoms with Crippen molar-refractivity contribution in [3.63, 3.8) is 0 Å². The predicted octanol–water partition coefficient (Wildman–Crippen LogP) is 1.59. The Hall–Kier alpha value is -1.29. The van der Waals surface area contributed by atoms with E-state index in [9.17, 15) is 4.39 Å². The fourth-order valence-electron chi connectivity index (χ4n) is 2.34. The highest BCUT2D eigenvalue weighted by Crippen LogP contribution is 2.25. The maximum Gasteiger partial charge on any atom is 0.125 e. The van der Waals surface area contributed by atoms with Gasteiger partial charge in [-0.15, -0.1) is 0 Å². The number of piperazine rings is 1. The molecule has 1 fully saturated rings. The first-order valence-electron chi connectivity index (χ1n) is 5.62. The van der Waals surface area contributed by atoms with Gasteiger partial charge in [-0.3, -0.25) is 0 Å². The van der Waals surface area contributed by atoms with Gasteiger partial charge in [0.1, 0.15) is 5.82 Å². The standard InChI is InChI=1S/C12H18FN3/c1-8-6-16(7-9(2)15-8)12-4-3-10(13)5-11(12)14/h3-5,8-9,15H,6-7,14H2,1-2H3. The van der Waals surface area contributed by atoms with Crippen LogP contribution in [-0.4, -0.2) is 25.2 Å². The van der Waals surface area contributed by atoms with Gasteiger partial charge in [-0.25, -0.2) is 4.39 Å². The molecule has 1 heterocycles. The van der Waals surface area contributed by atoms with Crippen LogP contribution in [0.3, 0.4) is 0 Å². The Kier molecular flexibility index (Phi) is 3.01. The van der Waals surface area contributed by atoms with Crippen LogP contribution in [0.5, 0.6) is 0 Å². The molecule has 0 bridgehead atoms. The second-order valence-corrected chi connectivity index (χ2v) is 4.58. The number of nitrogens with zero attached hydrogens (tertiary/aromatic N) is 1. The number of hydrogen-bond acceptors (Lipinski definition) is 3. The van der Waals surface area contributed by atoms with Crippen LogP contribution in [-0.2, 0) is 0 Å². The monoisotopic (exact) mass is 223 g/mol. The summed E-state index contributed by atoms with van der Waals surface area (Å²) in [6, 6.07) is 5.45. The molecular formula is C12H18FN3. The average Bonchev–Trinajstić information content (AvgIpc) is 2.15. The van der Waals surface area contributed by atoms with E-state index in [-0.39, 0.29) is 5.82 Å². The number of rotatable bonds is 1. The van der Waals surface area contributed by atoms with Gasteiger partial charge in [-0.05, 0) is 32.0 Å². The number of benzene rings is 1. The number of halogens is 1. The lowest BCUT2D eigenvalue weighted by Gasteiger charge is -2.38. The quantitative estimate of drug-likeness (QED) is 0.710. The molecule has 0 spiro atoms. The average molecular weight is 223 g/mol. The van der Waals surface area contributed by atoms with Crippen LogP contribution in [0.15, 0.2) is 18.2 Å². The highest BCUT2D eigenvalue weighted by molar-refractivity contribution is 5.67.